The average molecular weight is 476 g/mol. The Labute approximate surface area is 201 Å². The number of rotatable bonds is 6. The Morgan fingerprint density at radius 3 is 2.49 bits per heavy atom. The molecular formula is C25H25N5O5. The van der Waals surface area contributed by atoms with E-state index in [0.29, 0.717) is 35.8 Å². The fourth-order valence-electron chi connectivity index (χ4n) is 3.67. The van der Waals surface area contributed by atoms with Crippen LogP contribution in [0.5, 0.6) is 0 Å². The van der Waals surface area contributed by atoms with E-state index in [1.54, 1.807) is 61.7 Å². The molecule has 35 heavy (non-hydrogen) atoms. The average Bonchev–Trinajstić information content (AvgIpc) is 3.41. The van der Waals surface area contributed by atoms with Crippen LogP contribution in [0, 0.1) is 0 Å². The second-order valence-electron chi connectivity index (χ2n) is 7.93. The van der Waals surface area contributed by atoms with E-state index < -0.39 is 17.8 Å². The summed E-state index contributed by atoms with van der Waals surface area (Å²) in [5.74, 6) is -1.20. The maximum Gasteiger partial charge on any atom is 0.324 e. The molecule has 10 nitrogen and oxygen atoms in total. The predicted molar refractivity (Wildman–Crippen MR) is 129 cm³/mol. The van der Waals surface area contributed by atoms with Crippen LogP contribution in [0.4, 0.5) is 16.2 Å². The van der Waals surface area contributed by atoms with Gasteiger partial charge in [-0.25, -0.2) is 4.79 Å². The second-order valence-corrected chi connectivity index (χ2v) is 7.93. The second kappa shape index (κ2) is 10.1. The summed E-state index contributed by atoms with van der Waals surface area (Å²) < 4.78 is 5.39. The van der Waals surface area contributed by atoms with Crippen molar-refractivity contribution in [1.82, 2.24) is 15.1 Å². The summed E-state index contributed by atoms with van der Waals surface area (Å²) in [5.41, 5.74) is 8.80. The molecule has 180 valence electrons. The monoisotopic (exact) mass is 475 g/mol. The molecule has 1 aliphatic heterocycles. The van der Waals surface area contributed by atoms with E-state index in [4.69, 9.17) is 10.2 Å². The number of nitrogen functional groups attached to an aromatic ring is 1. The first kappa shape index (κ1) is 23.6. The number of likely N-dealkylation sites (N-methyl/N-ethyl adjacent to an activating group) is 1. The number of hydrogen-bond acceptors (Lipinski definition) is 6. The van der Waals surface area contributed by atoms with E-state index in [1.807, 2.05) is 6.07 Å². The maximum absolute atomic E-state index is 12.7. The number of nitrogens with one attached hydrogen (secondary N) is 2. The molecule has 1 fully saturated rings. The number of urea groups is 1. The van der Waals surface area contributed by atoms with Crippen molar-refractivity contribution in [3.05, 3.63) is 72.0 Å². The van der Waals surface area contributed by atoms with Gasteiger partial charge in [0, 0.05) is 37.3 Å². The van der Waals surface area contributed by atoms with Crippen LogP contribution in [0.15, 0.2) is 65.3 Å². The highest BCUT2D eigenvalue weighted by atomic mass is 16.3. The maximum atomic E-state index is 12.7. The first-order chi connectivity index (χ1) is 16.9. The number of anilines is 2. The van der Waals surface area contributed by atoms with Crippen LogP contribution in [0.25, 0.3) is 11.3 Å². The fourth-order valence-corrected chi connectivity index (χ4v) is 3.67. The summed E-state index contributed by atoms with van der Waals surface area (Å²) in [6.07, 6.45) is 1.57. The molecule has 1 aliphatic rings. The zero-order chi connectivity index (χ0) is 24.9. The molecule has 0 spiro atoms. The van der Waals surface area contributed by atoms with Gasteiger partial charge in [0.2, 0.25) is 0 Å². The van der Waals surface area contributed by atoms with Crippen LogP contribution < -0.4 is 16.4 Å². The van der Waals surface area contributed by atoms with Crippen molar-refractivity contribution in [2.24, 2.45) is 0 Å². The molecule has 0 bridgehead atoms. The summed E-state index contributed by atoms with van der Waals surface area (Å²) in [7, 11) is 0. The Morgan fingerprint density at radius 1 is 1.03 bits per heavy atom. The Balaban J connectivity index is 1.35. The minimum Gasteiger partial charge on any atom is -0.464 e. The summed E-state index contributed by atoms with van der Waals surface area (Å²) in [5, 5.41) is 5.44. The SMILES string of the molecule is CCN1CCN(C(=O)NCc2ccc(C(=O)Nc3cc(-c4ccco4)ccc3N)cc2)C(=O)C1=O. The van der Waals surface area contributed by atoms with Crippen LogP contribution in [0.2, 0.25) is 0 Å². The van der Waals surface area contributed by atoms with Crippen molar-refractivity contribution >= 4 is 35.1 Å². The van der Waals surface area contributed by atoms with E-state index >= 15 is 0 Å². The number of imide groups is 1. The van der Waals surface area contributed by atoms with Gasteiger partial charge < -0.3 is 25.7 Å². The number of benzene rings is 2. The minimum absolute atomic E-state index is 0.133. The third-order valence-corrected chi connectivity index (χ3v) is 5.70. The Morgan fingerprint density at radius 2 is 1.80 bits per heavy atom. The summed E-state index contributed by atoms with van der Waals surface area (Å²) in [4.78, 5) is 51.6. The van der Waals surface area contributed by atoms with Crippen molar-refractivity contribution < 1.29 is 23.6 Å². The van der Waals surface area contributed by atoms with Crippen LogP contribution in [-0.2, 0) is 16.1 Å². The third-order valence-electron chi connectivity index (χ3n) is 5.70. The Bertz CT molecular complexity index is 1250. The van der Waals surface area contributed by atoms with E-state index in [-0.39, 0.29) is 19.0 Å². The normalized spacial score (nSPS) is 13.6. The molecule has 2 aromatic carbocycles. The highest BCUT2D eigenvalue weighted by Crippen LogP contribution is 2.28. The summed E-state index contributed by atoms with van der Waals surface area (Å²) >= 11 is 0. The smallest absolute Gasteiger partial charge is 0.324 e. The van der Waals surface area contributed by atoms with Crippen molar-refractivity contribution in [3.8, 4) is 11.3 Å². The van der Waals surface area contributed by atoms with Gasteiger partial charge in [0.05, 0.1) is 17.6 Å². The number of carbonyl (C=O) groups is 4. The van der Waals surface area contributed by atoms with Crippen molar-refractivity contribution in [3.63, 3.8) is 0 Å². The summed E-state index contributed by atoms with van der Waals surface area (Å²) in [6, 6.07) is 14.8. The molecule has 10 heteroatoms. The standard InChI is InChI=1S/C25H25N5O5/c1-2-29-11-12-30(24(33)23(29)32)25(34)27-15-16-5-7-17(8-6-16)22(31)28-20-14-18(9-10-19(20)26)21-4-3-13-35-21/h3-10,13-14H,2,11-12,15,26H2,1H3,(H,27,34)(H,28,31). The van der Waals surface area contributed by atoms with Gasteiger partial charge in [-0.2, -0.15) is 0 Å². The molecule has 0 aliphatic carbocycles. The first-order valence-electron chi connectivity index (χ1n) is 11.1. The fraction of sp³-hybridized carbons (Fsp3) is 0.200. The lowest BCUT2D eigenvalue weighted by Gasteiger charge is -2.31. The molecule has 5 amide bonds. The number of hydrogen-bond donors (Lipinski definition) is 3. The van der Waals surface area contributed by atoms with Crippen molar-refractivity contribution in [2.75, 3.05) is 30.7 Å². The molecule has 4 N–H and O–H groups in total. The molecule has 0 saturated carbocycles. The predicted octanol–water partition coefficient (Wildman–Crippen LogP) is 2.68. The van der Waals surface area contributed by atoms with Gasteiger partial charge in [-0.3, -0.25) is 19.3 Å². The number of nitrogens with zero attached hydrogens (tertiary/aromatic N) is 2. The lowest BCUT2D eigenvalue weighted by atomic mass is 10.1. The molecular weight excluding hydrogens is 450 g/mol. The lowest BCUT2D eigenvalue weighted by Crippen LogP contribution is -2.58. The Hall–Kier alpha value is -4.60. The van der Waals surface area contributed by atoms with Crippen LogP contribution in [0.3, 0.4) is 0 Å². The van der Waals surface area contributed by atoms with Gasteiger partial charge in [0.15, 0.2) is 0 Å². The third kappa shape index (κ3) is 5.16. The molecule has 0 unspecified atom stereocenters. The number of amides is 5. The van der Waals surface area contributed by atoms with Gasteiger partial charge in [-0.15, -0.1) is 0 Å². The van der Waals surface area contributed by atoms with E-state index in [0.717, 1.165) is 16.0 Å². The summed E-state index contributed by atoms with van der Waals surface area (Å²) in [6.45, 7) is 2.79. The molecule has 3 aromatic rings. The highest BCUT2D eigenvalue weighted by Gasteiger charge is 2.35. The highest BCUT2D eigenvalue weighted by molar-refractivity contribution is 6.38. The van der Waals surface area contributed by atoms with Gasteiger partial charge in [0.25, 0.3) is 5.91 Å². The number of piperazine rings is 1. The Kier molecular flexibility index (Phi) is 6.81. The number of carbonyl (C=O) groups excluding carboxylic acids is 4. The topological polar surface area (TPSA) is 138 Å². The molecule has 2 heterocycles. The van der Waals surface area contributed by atoms with Gasteiger partial charge in [-0.05, 0) is 55.0 Å². The number of furan rings is 1. The zero-order valence-electron chi connectivity index (χ0n) is 19.1. The lowest BCUT2D eigenvalue weighted by molar-refractivity contribution is -0.153. The van der Waals surface area contributed by atoms with Crippen LogP contribution in [-0.4, -0.2) is 53.2 Å². The largest absolute Gasteiger partial charge is 0.464 e. The quantitative estimate of drug-likeness (QED) is 0.370. The molecule has 1 saturated heterocycles. The zero-order valence-corrected chi connectivity index (χ0v) is 19.1. The van der Waals surface area contributed by atoms with Crippen LogP contribution in [0.1, 0.15) is 22.8 Å². The van der Waals surface area contributed by atoms with Gasteiger partial charge in [0.1, 0.15) is 5.76 Å². The van der Waals surface area contributed by atoms with E-state index in [9.17, 15) is 19.2 Å². The van der Waals surface area contributed by atoms with Crippen molar-refractivity contribution in [2.45, 2.75) is 13.5 Å². The van der Waals surface area contributed by atoms with Gasteiger partial charge in [-0.1, -0.05) is 12.1 Å². The number of nitrogens with two attached hydrogens (primary N) is 1. The molecule has 0 atom stereocenters. The first-order valence-corrected chi connectivity index (χ1v) is 11.1. The van der Waals surface area contributed by atoms with Crippen molar-refractivity contribution in [1.29, 1.82) is 0 Å². The van der Waals surface area contributed by atoms with E-state index in [2.05, 4.69) is 10.6 Å². The minimum atomic E-state index is -0.835. The van der Waals surface area contributed by atoms with Crippen LogP contribution >= 0.6 is 0 Å². The molecule has 4 rings (SSSR count). The van der Waals surface area contributed by atoms with E-state index in [1.165, 1.54) is 4.90 Å². The molecule has 0 radical (unpaired) electrons. The molecule has 1 aromatic heterocycles. The van der Waals surface area contributed by atoms with Gasteiger partial charge >= 0.3 is 17.8 Å².